The van der Waals surface area contributed by atoms with Crippen LogP contribution in [0.5, 0.6) is 0 Å². The topological polar surface area (TPSA) is 134 Å². The molecule has 10 nitrogen and oxygen atoms in total. The number of aliphatic carboxylic acids is 1. The van der Waals surface area contributed by atoms with Crippen LogP contribution in [0, 0.1) is 5.92 Å². The van der Waals surface area contributed by atoms with Crippen LogP contribution in [-0.2, 0) is 32.6 Å². The molecule has 33 heavy (non-hydrogen) atoms. The third-order valence-electron chi connectivity index (χ3n) is 5.64. The Morgan fingerprint density at radius 3 is 2.64 bits per heavy atom. The summed E-state index contributed by atoms with van der Waals surface area (Å²) >= 11 is 1.45. The first kappa shape index (κ1) is 22.7. The van der Waals surface area contributed by atoms with Crippen molar-refractivity contribution in [3.05, 3.63) is 59.1 Å². The van der Waals surface area contributed by atoms with Gasteiger partial charge in [0.1, 0.15) is 11.7 Å². The first-order valence-electron chi connectivity index (χ1n) is 10.4. The maximum absolute atomic E-state index is 13.3. The summed E-state index contributed by atoms with van der Waals surface area (Å²) in [5.74, 6) is -2.37. The molecule has 3 unspecified atom stereocenters. The Kier molecular flexibility index (Phi) is 6.32. The second kappa shape index (κ2) is 9.18. The summed E-state index contributed by atoms with van der Waals surface area (Å²) < 4.78 is 1.49. The highest BCUT2D eigenvalue weighted by Gasteiger charge is 2.53. The molecule has 3 atom stereocenters. The van der Waals surface area contributed by atoms with E-state index in [1.54, 1.807) is 50.5 Å². The fourth-order valence-corrected chi connectivity index (χ4v) is 5.45. The monoisotopic (exact) mass is 469 g/mol. The van der Waals surface area contributed by atoms with Crippen LogP contribution in [0.1, 0.15) is 30.6 Å². The van der Waals surface area contributed by atoms with Crippen LogP contribution in [0.4, 0.5) is 0 Å². The van der Waals surface area contributed by atoms with E-state index in [1.165, 1.54) is 21.3 Å². The van der Waals surface area contributed by atoms with E-state index in [0.717, 1.165) is 0 Å². The Bertz CT molecular complexity index is 1150. The zero-order valence-electron chi connectivity index (χ0n) is 18.1. The van der Waals surface area contributed by atoms with Crippen molar-refractivity contribution in [2.24, 2.45) is 13.0 Å². The number of carbonyl (C=O) groups excluding carboxylic acids is 3. The van der Waals surface area contributed by atoms with Crippen LogP contribution in [0.3, 0.4) is 0 Å². The smallest absolute Gasteiger partial charge is 0.352 e. The first-order chi connectivity index (χ1) is 15.8. The second-order valence-corrected chi connectivity index (χ2v) is 9.20. The van der Waals surface area contributed by atoms with Crippen LogP contribution in [-0.4, -0.2) is 59.7 Å². The number of amides is 2. The fraction of sp³-hybridized carbons (Fsp3) is 0.364. The molecule has 172 valence electrons. The molecule has 11 heteroatoms. The van der Waals surface area contributed by atoms with Crippen molar-refractivity contribution in [2.45, 2.75) is 31.2 Å². The number of hydrogen-bond acceptors (Lipinski definition) is 7. The van der Waals surface area contributed by atoms with Crippen LogP contribution < -0.4 is 5.32 Å². The van der Waals surface area contributed by atoms with E-state index < -0.39 is 29.2 Å². The Labute approximate surface area is 194 Å². The molecule has 0 spiro atoms. The van der Waals surface area contributed by atoms with Gasteiger partial charge in [0, 0.05) is 25.4 Å². The van der Waals surface area contributed by atoms with Gasteiger partial charge in [0.2, 0.25) is 11.8 Å². The number of nitrogens with zero attached hydrogens (tertiary/aromatic N) is 4. The molecule has 2 amide bonds. The number of nitrogens with one attached hydrogen (secondary N) is 1. The van der Waals surface area contributed by atoms with Gasteiger partial charge in [-0.25, -0.2) is 4.79 Å². The highest BCUT2D eigenvalue weighted by atomic mass is 32.2. The van der Waals surface area contributed by atoms with Crippen molar-refractivity contribution in [1.29, 1.82) is 0 Å². The standard InChI is InChI=1S/C22H23N5O5S/c1-12-11-33-21-15(20(30)27(21)19(12)22(31)32)9-16(28)18(13-6-4-3-5-7-13)23-17(29)8-14-10-26(2)25-24-14/h3-7,10,15,18,21H,8-9,11H2,1-2H3,(H,23,29)(H,31,32). The van der Waals surface area contributed by atoms with Crippen molar-refractivity contribution >= 4 is 35.3 Å². The number of aromatic nitrogens is 3. The van der Waals surface area contributed by atoms with Crippen LogP contribution in [0.2, 0.25) is 0 Å². The van der Waals surface area contributed by atoms with Gasteiger partial charge in [-0.2, -0.15) is 0 Å². The van der Waals surface area contributed by atoms with Crippen molar-refractivity contribution < 1.29 is 24.3 Å². The zero-order chi connectivity index (χ0) is 23.7. The van der Waals surface area contributed by atoms with Gasteiger partial charge in [-0.15, -0.1) is 16.9 Å². The second-order valence-electron chi connectivity index (χ2n) is 8.09. The van der Waals surface area contributed by atoms with E-state index >= 15 is 0 Å². The highest BCUT2D eigenvalue weighted by molar-refractivity contribution is 8.00. The normalized spacial score (nSPS) is 20.7. The van der Waals surface area contributed by atoms with E-state index in [1.807, 2.05) is 0 Å². The SMILES string of the molecule is CC1=C(C(=O)O)N2C(=O)C(CC(=O)C(NC(=O)Cc3cn(C)nn3)c3ccccc3)C2SC1. The third-order valence-corrected chi connectivity index (χ3v) is 7.13. The summed E-state index contributed by atoms with van der Waals surface area (Å²) in [5.41, 5.74) is 1.71. The summed E-state index contributed by atoms with van der Waals surface area (Å²) in [6.45, 7) is 1.69. The van der Waals surface area contributed by atoms with Gasteiger partial charge in [-0.3, -0.25) is 24.0 Å². The molecular weight excluding hydrogens is 446 g/mol. The maximum atomic E-state index is 13.3. The lowest BCUT2D eigenvalue weighted by Crippen LogP contribution is -2.62. The average molecular weight is 470 g/mol. The lowest BCUT2D eigenvalue weighted by atomic mass is 9.87. The number of β-lactam (4-membered cyclic amide) rings is 1. The van der Waals surface area contributed by atoms with Crippen molar-refractivity contribution in [3.63, 3.8) is 0 Å². The molecule has 3 heterocycles. The van der Waals surface area contributed by atoms with Crippen molar-refractivity contribution in [2.75, 3.05) is 5.75 Å². The number of fused-ring (bicyclic) bond motifs is 1. The Balaban J connectivity index is 1.49. The van der Waals surface area contributed by atoms with E-state index in [9.17, 15) is 24.3 Å². The lowest BCUT2D eigenvalue weighted by Gasteiger charge is -2.49. The molecule has 0 saturated carbocycles. The number of Topliss-reactive ketones (excluding diaryl/α,β-unsaturated/α-hetero) is 1. The predicted octanol–water partition coefficient (Wildman–Crippen LogP) is 1.06. The van der Waals surface area contributed by atoms with Gasteiger partial charge < -0.3 is 10.4 Å². The Hall–Kier alpha value is -3.47. The average Bonchev–Trinajstić information content (AvgIpc) is 3.20. The number of ketones is 1. The highest BCUT2D eigenvalue weighted by Crippen LogP contribution is 2.45. The molecule has 2 aliphatic rings. The molecule has 1 aromatic heterocycles. The Morgan fingerprint density at radius 2 is 2.00 bits per heavy atom. The van der Waals surface area contributed by atoms with Gasteiger partial charge in [0.05, 0.1) is 23.4 Å². The van der Waals surface area contributed by atoms with Gasteiger partial charge in [-0.05, 0) is 18.1 Å². The Morgan fingerprint density at radius 1 is 1.27 bits per heavy atom. The fourth-order valence-electron chi connectivity index (χ4n) is 4.09. The molecule has 1 aromatic carbocycles. The molecule has 1 fully saturated rings. The molecular formula is C22H23N5O5S. The molecule has 1 saturated heterocycles. The summed E-state index contributed by atoms with van der Waals surface area (Å²) in [5, 5.41) is 19.5. The van der Waals surface area contributed by atoms with E-state index in [-0.39, 0.29) is 30.2 Å². The number of benzene rings is 1. The summed E-state index contributed by atoms with van der Waals surface area (Å²) in [7, 11) is 1.69. The van der Waals surface area contributed by atoms with E-state index in [4.69, 9.17) is 0 Å². The largest absolute Gasteiger partial charge is 0.477 e. The number of aryl methyl sites for hydroxylation is 1. The van der Waals surface area contributed by atoms with Crippen LogP contribution in [0.15, 0.2) is 47.8 Å². The molecule has 0 bridgehead atoms. The van der Waals surface area contributed by atoms with Crippen LogP contribution >= 0.6 is 11.8 Å². The molecule has 2 aromatic rings. The molecule has 0 radical (unpaired) electrons. The van der Waals surface area contributed by atoms with Gasteiger partial charge in [0.25, 0.3) is 0 Å². The summed E-state index contributed by atoms with van der Waals surface area (Å²) in [6, 6.07) is 7.89. The molecule has 0 aliphatic carbocycles. The number of rotatable bonds is 8. The van der Waals surface area contributed by atoms with E-state index in [2.05, 4.69) is 15.6 Å². The summed E-state index contributed by atoms with van der Waals surface area (Å²) in [4.78, 5) is 51.6. The number of thioether (sulfide) groups is 1. The van der Waals surface area contributed by atoms with Crippen molar-refractivity contribution in [3.8, 4) is 0 Å². The first-order valence-corrected chi connectivity index (χ1v) is 11.4. The summed E-state index contributed by atoms with van der Waals surface area (Å²) in [6.07, 6.45) is 1.49. The predicted molar refractivity (Wildman–Crippen MR) is 119 cm³/mol. The number of hydrogen-bond donors (Lipinski definition) is 2. The molecule has 2 N–H and O–H groups in total. The minimum absolute atomic E-state index is 0.00401. The molecule has 2 aliphatic heterocycles. The van der Waals surface area contributed by atoms with E-state index in [0.29, 0.717) is 22.6 Å². The third kappa shape index (κ3) is 4.54. The quantitative estimate of drug-likeness (QED) is 0.548. The van der Waals surface area contributed by atoms with Gasteiger partial charge in [0.15, 0.2) is 5.78 Å². The van der Waals surface area contributed by atoms with Crippen LogP contribution in [0.25, 0.3) is 0 Å². The number of carboxylic acid groups (broad SMARTS) is 1. The van der Waals surface area contributed by atoms with Crippen molar-refractivity contribution in [1.82, 2.24) is 25.2 Å². The minimum Gasteiger partial charge on any atom is -0.477 e. The minimum atomic E-state index is -1.14. The number of carboxylic acids is 1. The number of carbonyl (C=O) groups is 4. The lowest BCUT2D eigenvalue weighted by molar-refractivity contribution is -0.154. The maximum Gasteiger partial charge on any atom is 0.352 e. The van der Waals surface area contributed by atoms with Gasteiger partial charge in [-0.1, -0.05) is 35.5 Å². The molecule has 4 rings (SSSR count). The zero-order valence-corrected chi connectivity index (χ0v) is 18.9. The van der Waals surface area contributed by atoms with Gasteiger partial charge >= 0.3 is 5.97 Å².